The fourth-order valence-electron chi connectivity index (χ4n) is 2.70. The van der Waals surface area contributed by atoms with Crippen molar-refractivity contribution in [2.45, 2.75) is 45.2 Å². The number of piperidine rings is 1. The molecule has 1 aromatic rings. The van der Waals surface area contributed by atoms with E-state index in [4.69, 9.17) is 5.26 Å². The van der Waals surface area contributed by atoms with Crippen LogP contribution in [0.4, 0.5) is 0 Å². The highest BCUT2D eigenvalue weighted by molar-refractivity contribution is 5.94. The number of nitriles is 1. The molecule has 0 bridgehead atoms. The molecule has 1 fully saturated rings. The summed E-state index contributed by atoms with van der Waals surface area (Å²) in [5, 5.41) is 12.3. The lowest BCUT2D eigenvalue weighted by molar-refractivity contribution is 0.0677. The molecule has 112 valence electrons. The second kappa shape index (κ2) is 7.24. The van der Waals surface area contributed by atoms with Gasteiger partial charge < -0.3 is 10.2 Å². The van der Waals surface area contributed by atoms with Gasteiger partial charge in [-0.2, -0.15) is 5.26 Å². The van der Waals surface area contributed by atoms with E-state index in [2.05, 4.69) is 11.4 Å². The fraction of sp³-hybridized carbons (Fsp3) is 0.529. The summed E-state index contributed by atoms with van der Waals surface area (Å²) in [6.45, 7) is 5.88. The second-order valence-electron chi connectivity index (χ2n) is 5.89. The van der Waals surface area contributed by atoms with E-state index in [0.29, 0.717) is 17.2 Å². The molecule has 0 aliphatic carbocycles. The number of nitrogens with one attached hydrogen (secondary N) is 1. The van der Waals surface area contributed by atoms with Gasteiger partial charge in [0.2, 0.25) is 0 Å². The van der Waals surface area contributed by atoms with Crippen molar-refractivity contribution in [3.05, 3.63) is 35.4 Å². The minimum atomic E-state index is 0.0434. The number of carbonyl (C=O) groups excluding carboxylic acids is 1. The van der Waals surface area contributed by atoms with Gasteiger partial charge in [0.05, 0.1) is 11.6 Å². The Bertz CT molecular complexity index is 510. The van der Waals surface area contributed by atoms with E-state index < -0.39 is 0 Å². The maximum Gasteiger partial charge on any atom is 0.254 e. The zero-order valence-corrected chi connectivity index (χ0v) is 12.8. The Hall–Kier alpha value is -1.86. The van der Waals surface area contributed by atoms with E-state index >= 15 is 0 Å². The molecule has 1 aromatic carbocycles. The second-order valence-corrected chi connectivity index (χ2v) is 5.89. The van der Waals surface area contributed by atoms with Crippen LogP contribution in [0.25, 0.3) is 0 Å². The quantitative estimate of drug-likeness (QED) is 0.925. The highest BCUT2D eigenvalue weighted by atomic mass is 16.2. The maximum absolute atomic E-state index is 12.7. The van der Waals surface area contributed by atoms with Crippen LogP contribution in [0.5, 0.6) is 0 Å². The molecule has 0 spiro atoms. The van der Waals surface area contributed by atoms with Crippen LogP contribution in [0, 0.1) is 11.3 Å². The molecule has 1 aliphatic rings. The molecule has 1 atom stereocenters. The number of hydrogen-bond acceptors (Lipinski definition) is 3. The van der Waals surface area contributed by atoms with Crippen molar-refractivity contribution in [1.29, 1.82) is 5.26 Å². The van der Waals surface area contributed by atoms with Crippen molar-refractivity contribution in [2.75, 3.05) is 13.1 Å². The summed E-state index contributed by atoms with van der Waals surface area (Å²) in [7, 11) is 0. The molecule has 1 amide bonds. The largest absolute Gasteiger partial charge is 0.335 e. The van der Waals surface area contributed by atoms with Crippen LogP contribution in [0.3, 0.4) is 0 Å². The van der Waals surface area contributed by atoms with E-state index in [-0.39, 0.29) is 11.9 Å². The van der Waals surface area contributed by atoms with Gasteiger partial charge >= 0.3 is 0 Å². The third kappa shape index (κ3) is 4.05. The smallest absolute Gasteiger partial charge is 0.254 e. The first-order chi connectivity index (χ1) is 10.1. The lowest BCUT2D eigenvalue weighted by atomic mass is 10.0. The van der Waals surface area contributed by atoms with Crippen LogP contribution >= 0.6 is 0 Å². The number of benzene rings is 1. The Morgan fingerprint density at radius 1 is 1.38 bits per heavy atom. The van der Waals surface area contributed by atoms with Gasteiger partial charge in [0.25, 0.3) is 5.91 Å². The van der Waals surface area contributed by atoms with Gasteiger partial charge in [-0.3, -0.25) is 4.79 Å². The van der Waals surface area contributed by atoms with Crippen LogP contribution in [-0.2, 0) is 0 Å². The molecule has 0 saturated carbocycles. The minimum absolute atomic E-state index is 0.0434. The molecular formula is C17H23N3O. The predicted molar refractivity (Wildman–Crippen MR) is 83.0 cm³/mol. The summed E-state index contributed by atoms with van der Waals surface area (Å²) in [5.74, 6) is 0.0434. The lowest BCUT2D eigenvalue weighted by Gasteiger charge is -2.33. The molecule has 1 aliphatic heterocycles. The molecule has 1 N–H and O–H groups in total. The van der Waals surface area contributed by atoms with Crippen molar-refractivity contribution in [2.24, 2.45) is 0 Å². The standard InChI is InChI=1S/C17H23N3O/c1-13(2)20(12-16-5-3-4-10-19-16)17(21)15-8-6-14(11-18)7-9-15/h6-9,13,16,19H,3-5,10,12H2,1-2H3. The van der Waals surface area contributed by atoms with Crippen LogP contribution in [0.2, 0.25) is 0 Å². The van der Waals surface area contributed by atoms with Gasteiger partial charge in [0, 0.05) is 24.2 Å². The summed E-state index contributed by atoms with van der Waals surface area (Å²) in [4.78, 5) is 14.6. The first kappa shape index (κ1) is 15.5. The minimum Gasteiger partial charge on any atom is -0.335 e. The zero-order chi connectivity index (χ0) is 15.2. The SMILES string of the molecule is CC(C)N(CC1CCCCN1)C(=O)c1ccc(C#N)cc1. The third-order valence-electron chi connectivity index (χ3n) is 3.97. The van der Waals surface area contributed by atoms with E-state index in [9.17, 15) is 4.79 Å². The molecule has 0 aromatic heterocycles. The molecule has 1 heterocycles. The van der Waals surface area contributed by atoms with Gasteiger partial charge in [-0.15, -0.1) is 0 Å². The van der Waals surface area contributed by atoms with Gasteiger partial charge in [0.1, 0.15) is 0 Å². The number of rotatable bonds is 4. The van der Waals surface area contributed by atoms with E-state index in [1.54, 1.807) is 24.3 Å². The van der Waals surface area contributed by atoms with Crippen molar-refractivity contribution in [3.8, 4) is 6.07 Å². The predicted octanol–water partition coefficient (Wildman–Crippen LogP) is 2.55. The van der Waals surface area contributed by atoms with Crippen LogP contribution in [0.1, 0.15) is 49.0 Å². The van der Waals surface area contributed by atoms with Crippen molar-refractivity contribution in [1.82, 2.24) is 10.2 Å². The lowest BCUT2D eigenvalue weighted by Crippen LogP contribution is -2.48. The van der Waals surface area contributed by atoms with E-state index in [1.807, 2.05) is 18.7 Å². The average molecular weight is 285 g/mol. The Morgan fingerprint density at radius 2 is 2.10 bits per heavy atom. The first-order valence-corrected chi connectivity index (χ1v) is 7.66. The number of amides is 1. The first-order valence-electron chi connectivity index (χ1n) is 7.66. The summed E-state index contributed by atoms with van der Waals surface area (Å²) in [6, 6.07) is 9.51. The molecule has 1 unspecified atom stereocenters. The Kier molecular flexibility index (Phi) is 5.35. The van der Waals surface area contributed by atoms with Gasteiger partial charge in [0.15, 0.2) is 0 Å². The third-order valence-corrected chi connectivity index (χ3v) is 3.97. The topological polar surface area (TPSA) is 56.1 Å². The highest BCUT2D eigenvalue weighted by Gasteiger charge is 2.23. The summed E-state index contributed by atoms with van der Waals surface area (Å²) in [6.07, 6.45) is 3.58. The Labute approximate surface area is 126 Å². The highest BCUT2D eigenvalue weighted by Crippen LogP contribution is 2.14. The molecule has 4 heteroatoms. The van der Waals surface area contributed by atoms with Crippen molar-refractivity contribution < 1.29 is 4.79 Å². The van der Waals surface area contributed by atoms with E-state index in [0.717, 1.165) is 19.5 Å². The maximum atomic E-state index is 12.7. The average Bonchev–Trinajstić information content (AvgIpc) is 2.53. The van der Waals surface area contributed by atoms with Crippen molar-refractivity contribution in [3.63, 3.8) is 0 Å². The summed E-state index contributed by atoms with van der Waals surface area (Å²) < 4.78 is 0. The van der Waals surface area contributed by atoms with Gasteiger partial charge in [-0.25, -0.2) is 0 Å². The molecular weight excluding hydrogens is 262 g/mol. The molecule has 4 nitrogen and oxygen atoms in total. The summed E-state index contributed by atoms with van der Waals surface area (Å²) in [5.41, 5.74) is 1.23. The number of nitrogens with zero attached hydrogens (tertiary/aromatic N) is 2. The number of carbonyl (C=O) groups is 1. The Morgan fingerprint density at radius 3 is 2.62 bits per heavy atom. The van der Waals surface area contributed by atoms with Crippen LogP contribution in [0.15, 0.2) is 24.3 Å². The van der Waals surface area contributed by atoms with Crippen molar-refractivity contribution >= 4 is 5.91 Å². The molecule has 21 heavy (non-hydrogen) atoms. The van der Waals surface area contributed by atoms with Gasteiger partial charge in [-0.1, -0.05) is 6.42 Å². The number of hydrogen-bond donors (Lipinski definition) is 1. The van der Waals surface area contributed by atoms with Gasteiger partial charge in [-0.05, 0) is 57.5 Å². The molecule has 0 radical (unpaired) electrons. The van der Waals surface area contributed by atoms with Crippen LogP contribution in [-0.4, -0.2) is 36.0 Å². The Balaban J connectivity index is 2.08. The van der Waals surface area contributed by atoms with E-state index in [1.165, 1.54) is 12.8 Å². The monoisotopic (exact) mass is 285 g/mol. The summed E-state index contributed by atoms with van der Waals surface area (Å²) >= 11 is 0. The zero-order valence-electron chi connectivity index (χ0n) is 12.8. The fourth-order valence-corrected chi connectivity index (χ4v) is 2.70. The molecule has 2 rings (SSSR count). The normalized spacial score (nSPS) is 18.3. The van der Waals surface area contributed by atoms with Crippen LogP contribution < -0.4 is 5.32 Å². The molecule has 1 saturated heterocycles.